The summed E-state index contributed by atoms with van der Waals surface area (Å²) in [6.07, 6.45) is 2.55. The molecule has 1 aliphatic heterocycles. The lowest BCUT2D eigenvalue weighted by atomic mass is 9.89. The molecule has 3 unspecified atom stereocenters. The average Bonchev–Trinajstić information content (AvgIpc) is 2.80. The van der Waals surface area contributed by atoms with E-state index in [9.17, 15) is 0 Å². The number of nitrogens with one attached hydrogen (secondary N) is 1. The molecule has 0 radical (unpaired) electrons. The first kappa shape index (κ1) is 12.2. The van der Waals surface area contributed by atoms with E-state index in [1.165, 1.54) is 27.9 Å². The molecular weight excluding hydrogens is 242 g/mol. The third kappa shape index (κ3) is 1.97. The third-order valence-electron chi connectivity index (χ3n) is 3.94. The van der Waals surface area contributed by atoms with Crippen molar-refractivity contribution >= 4 is 21.6 Å². The molecule has 1 aliphatic rings. The van der Waals surface area contributed by atoms with Gasteiger partial charge < -0.3 is 5.32 Å². The molecule has 1 saturated heterocycles. The van der Waals surface area contributed by atoms with Crippen molar-refractivity contribution in [2.45, 2.75) is 45.7 Å². The number of thiophene rings is 1. The Morgan fingerprint density at radius 1 is 1.39 bits per heavy atom. The largest absolute Gasteiger partial charge is 0.307 e. The number of aryl methyl sites for hydroxylation is 2. The molecule has 0 aliphatic carbocycles. The fourth-order valence-corrected chi connectivity index (χ4v) is 4.37. The molecule has 18 heavy (non-hydrogen) atoms. The summed E-state index contributed by atoms with van der Waals surface area (Å²) in [5.74, 6) is 0.815. The first-order chi connectivity index (χ1) is 8.54. The summed E-state index contributed by atoms with van der Waals surface area (Å²) in [7, 11) is 2.04. The highest BCUT2D eigenvalue weighted by molar-refractivity contribution is 7.18. The maximum atomic E-state index is 4.47. The van der Waals surface area contributed by atoms with Gasteiger partial charge in [-0.1, -0.05) is 6.92 Å². The molecule has 2 aromatic heterocycles. The summed E-state index contributed by atoms with van der Waals surface area (Å²) >= 11 is 1.89. The summed E-state index contributed by atoms with van der Waals surface area (Å²) in [5.41, 5.74) is 1.15. The van der Waals surface area contributed by atoms with Crippen LogP contribution in [0.5, 0.6) is 0 Å². The van der Waals surface area contributed by atoms with Crippen molar-refractivity contribution in [3.63, 3.8) is 0 Å². The van der Waals surface area contributed by atoms with Crippen LogP contribution in [0.2, 0.25) is 0 Å². The van der Waals surface area contributed by atoms with Crippen molar-refractivity contribution in [1.29, 1.82) is 0 Å². The molecule has 3 atom stereocenters. The summed E-state index contributed by atoms with van der Waals surface area (Å²) in [6, 6.07) is 3.49. The summed E-state index contributed by atoms with van der Waals surface area (Å²) in [4.78, 5) is 2.77. The van der Waals surface area contributed by atoms with Gasteiger partial charge in [0.1, 0.15) is 4.83 Å². The zero-order chi connectivity index (χ0) is 12.9. The number of hydrogen-bond donors (Lipinski definition) is 1. The van der Waals surface area contributed by atoms with Gasteiger partial charge in [0.05, 0.1) is 5.69 Å². The van der Waals surface area contributed by atoms with E-state index in [1.807, 2.05) is 23.1 Å². The Morgan fingerprint density at radius 2 is 2.17 bits per heavy atom. The number of piperidine rings is 1. The molecule has 2 aromatic rings. The second kappa shape index (κ2) is 4.35. The van der Waals surface area contributed by atoms with Crippen molar-refractivity contribution in [3.8, 4) is 0 Å². The number of aromatic nitrogens is 2. The molecule has 1 N–H and O–H groups in total. The Morgan fingerprint density at radius 3 is 2.83 bits per heavy atom. The van der Waals surface area contributed by atoms with E-state index in [1.54, 1.807) is 0 Å². The van der Waals surface area contributed by atoms with E-state index in [2.05, 4.69) is 37.3 Å². The fourth-order valence-electron chi connectivity index (χ4n) is 3.18. The molecular formula is C14H21N3S. The van der Waals surface area contributed by atoms with Crippen LogP contribution in [-0.4, -0.2) is 15.8 Å². The minimum absolute atomic E-state index is 0.528. The zero-order valence-electron chi connectivity index (χ0n) is 11.5. The van der Waals surface area contributed by atoms with Crippen LogP contribution in [0.3, 0.4) is 0 Å². The lowest BCUT2D eigenvalue weighted by molar-refractivity contribution is 0.272. The molecule has 98 valence electrons. The van der Waals surface area contributed by atoms with Crippen LogP contribution in [-0.2, 0) is 7.05 Å². The smallest absolute Gasteiger partial charge is 0.121 e. The fraction of sp³-hybridized carbons (Fsp3) is 0.643. The highest BCUT2D eigenvalue weighted by Gasteiger charge is 2.26. The van der Waals surface area contributed by atoms with E-state index in [-0.39, 0.29) is 0 Å². The van der Waals surface area contributed by atoms with Gasteiger partial charge in [-0.15, -0.1) is 11.3 Å². The van der Waals surface area contributed by atoms with Gasteiger partial charge in [0.25, 0.3) is 0 Å². The quantitative estimate of drug-likeness (QED) is 0.854. The highest BCUT2D eigenvalue weighted by Crippen LogP contribution is 2.36. The molecule has 0 aromatic carbocycles. The summed E-state index contributed by atoms with van der Waals surface area (Å²) < 4.78 is 2.01. The molecule has 3 nitrogen and oxygen atoms in total. The maximum absolute atomic E-state index is 4.47. The Labute approximate surface area is 112 Å². The van der Waals surface area contributed by atoms with Crippen molar-refractivity contribution in [1.82, 2.24) is 15.1 Å². The van der Waals surface area contributed by atoms with Crippen LogP contribution >= 0.6 is 11.3 Å². The van der Waals surface area contributed by atoms with Gasteiger partial charge in [-0.25, -0.2) is 0 Å². The van der Waals surface area contributed by atoms with Crippen LogP contribution in [0.25, 0.3) is 10.2 Å². The van der Waals surface area contributed by atoms with Gasteiger partial charge in [0.15, 0.2) is 0 Å². The second-order valence-electron chi connectivity index (χ2n) is 5.77. The monoisotopic (exact) mass is 263 g/mol. The van der Waals surface area contributed by atoms with Gasteiger partial charge in [-0.3, -0.25) is 4.68 Å². The number of nitrogens with zero attached hydrogens (tertiary/aromatic N) is 2. The normalized spacial score (nSPS) is 29.0. The van der Waals surface area contributed by atoms with Gasteiger partial charge >= 0.3 is 0 Å². The van der Waals surface area contributed by atoms with Crippen LogP contribution in [0, 0.1) is 12.8 Å². The molecule has 3 rings (SSSR count). The lowest BCUT2D eigenvalue weighted by Gasteiger charge is -2.32. The Bertz CT molecular complexity index is 524. The van der Waals surface area contributed by atoms with Gasteiger partial charge in [-0.05, 0) is 38.7 Å². The number of hydrogen-bond acceptors (Lipinski definition) is 3. The summed E-state index contributed by atoms with van der Waals surface area (Å²) in [5, 5.41) is 9.53. The van der Waals surface area contributed by atoms with Crippen LogP contribution in [0.15, 0.2) is 6.07 Å². The standard InChI is InChI=1S/C14H21N3S/c1-8-5-9(2)15-12(6-8)13-7-11-10(3)16-17(4)14(11)18-13/h7-9,12,15H,5-6H2,1-4H3. The topological polar surface area (TPSA) is 29.9 Å². The summed E-state index contributed by atoms with van der Waals surface area (Å²) in [6.45, 7) is 6.76. The Balaban J connectivity index is 1.96. The maximum Gasteiger partial charge on any atom is 0.121 e. The van der Waals surface area contributed by atoms with Crippen molar-refractivity contribution < 1.29 is 0 Å². The van der Waals surface area contributed by atoms with Crippen molar-refractivity contribution in [2.75, 3.05) is 0 Å². The molecule has 4 heteroatoms. The molecule has 0 saturated carbocycles. The minimum Gasteiger partial charge on any atom is -0.307 e. The Hall–Kier alpha value is -0.870. The predicted molar refractivity (Wildman–Crippen MR) is 77.1 cm³/mol. The first-order valence-electron chi connectivity index (χ1n) is 6.73. The number of fused-ring (bicyclic) bond motifs is 1. The van der Waals surface area contributed by atoms with Crippen molar-refractivity contribution in [2.24, 2.45) is 13.0 Å². The SMILES string of the molecule is Cc1nn(C)c2sc(C3CC(C)CC(C)N3)cc12. The number of rotatable bonds is 1. The minimum atomic E-state index is 0.528. The van der Waals surface area contributed by atoms with Crippen LogP contribution in [0.4, 0.5) is 0 Å². The van der Waals surface area contributed by atoms with Crippen LogP contribution < -0.4 is 5.32 Å². The van der Waals surface area contributed by atoms with Gasteiger partial charge in [0.2, 0.25) is 0 Å². The van der Waals surface area contributed by atoms with Gasteiger partial charge in [-0.2, -0.15) is 5.10 Å². The van der Waals surface area contributed by atoms with E-state index in [0.717, 1.165) is 11.6 Å². The second-order valence-corrected chi connectivity index (χ2v) is 6.84. The molecule has 0 spiro atoms. The van der Waals surface area contributed by atoms with E-state index in [4.69, 9.17) is 0 Å². The third-order valence-corrected chi connectivity index (χ3v) is 5.25. The Kier molecular flexibility index (Phi) is 2.94. The lowest BCUT2D eigenvalue weighted by Crippen LogP contribution is -2.37. The average molecular weight is 263 g/mol. The molecule has 0 amide bonds. The van der Waals surface area contributed by atoms with Crippen molar-refractivity contribution in [3.05, 3.63) is 16.6 Å². The highest BCUT2D eigenvalue weighted by atomic mass is 32.1. The van der Waals surface area contributed by atoms with E-state index >= 15 is 0 Å². The van der Waals surface area contributed by atoms with E-state index in [0.29, 0.717) is 12.1 Å². The van der Waals surface area contributed by atoms with Gasteiger partial charge in [0, 0.05) is 29.4 Å². The molecule has 3 heterocycles. The van der Waals surface area contributed by atoms with E-state index < -0.39 is 0 Å². The zero-order valence-corrected chi connectivity index (χ0v) is 12.3. The molecule has 1 fully saturated rings. The molecule has 0 bridgehead atoms. The predicted octanol–water partition coefficient (Wildman–Crippen LogP) is 3.39. The first-order valence-corrected chi connectivity index (χ1v) is 7.55. The van der Waals surface area contributed by atoms with Crippen LogP contribution in [0.1, 0.15) is 43.3 Å².